The van der Waals surface area contributed by atoms with Crippen molar-refractivity contribution in [2.45, 2.75) is 66.0 Å². The van der Waals surface area contributed by atoms with E-state index in [0.717, 1.165) is 12.2 Å². The Bertz CT molecular complexity index is 326. The van der Waals surface area contributed by atoms with Crippen molar-refractivity contribution in [3.05, 3.63) is 11.8 Å². The molecule has 0 aliphatic carbocycles. The third-order valence-corrected chi connectivity index (χ3v) is 2.84. The highest BCUT2D eigenvalue weighted by Gasteiger charge is 2.13. The molecule has 0 fully saturated rings. The van der Waals surface area contributed by atoms with E-state index >= 15 is 0 Å². The van der Waals surface area contributed by atoms with Gasteiger partial charge in [-0.3, -0.25) is 0 Å². The van der Waals surface area contributed by atoms with E-state index in [1.54, 1.807) is 0 Å². The molecule has 3 nitrogen and oxygen atoms in total. The van der Waals surface area contributed by atoms with Crippen LogP contribution in [-0.2, 0) is 0 Å². The fourth-order valence-corrected chi connectivity index (χ4v) is 1.55. The summed E-state index contributed by atoms with van der Waals surface area (Å²) in [6.45, 7) is 13.1. The molecular formula is C13H25N3. The van der Waals surface area contributed by atoms with Crippen LogP contribution >= 0.6 is 0 Å². The van der Waals surface area contributed by atoms with Crippen molar-refractivity contribution in [1.29, 1.82) is 0 Å². The molecule has 1 aromatic rings. The number of hydrogen-bond donors (Lipinski definition) is 1. The molecule has 16 heavy (non-hydrogen) atoms. The van der Waals surface area contributed by atoms with Crippen LogP contribution in [0.3, 0.4) is 0 Å². The third-order valence-electron chi connectivity index (χ3n) is 2.84. The van der Waals surface area contributed by atoms with Crippen LogP contribution in [0.5, 0.6) is 0 Å². The number of nitrogens with one attached hydrogen (secondary N) is 1. The van der Waals surface area contributed by atoms with Crippen LogP contribution in [0.15, 0.2) is 6.07 Å². The van der Waals surface area contributed by atoms with Crippen LogP contribution in [0.25, 0.3) is 0 Å². The lowest BCUT2D eigenvalue weighted by Crippen LogP contribution is -2.17. The summed E-state index contributed by atoms with van der Waals surface area (Å²) in [6, 6.07) is 3.07. The largest absolute Gasteiger partial charge is 0.368 e. The van der Waals surface area contributed by atoms with Crippen LogP contribution in [0.2, 0.25) is 0 Å². The van der Waals surface area contributed by atoms with Crippen LogP contribution in [0, 0.1) is 0 Å². The quantitative estimate of drug-likeness (QED) is 0.823. The first kappa shape index (κ1) is 13.1. The maximum atomic E-state index is 4.65. The van der Waals surface area contributed by atoms with Crippen LogP contribution in [0.1, 0.15) is 65.6 Å². The van der Waals surface area contributed by atoms with Crippen LogP contribution in [0.4, 0.5) is 5.82 Å². The first-order chi connectivity index (χ1) is 7.45. The lowest BCUT2D eigenvalue weighted by atomic mass is 10.1. The van der Waals surface area contributed by atoms with Crippen molar-refractivity contribution in [1.82, 2.24) is 9.78 Å². The van der Waals surface area contributed by atoms with Gasteiger partial charge in [-0.25, -0.2) is 4.68 Å². The van der Waals surface area contributed by atoms with E-state index in [1.807, 2.05) is 0 Å². The molecule has 92 valence electrons. The van der Waals surface area contributed by atoms with Gasteiger partial charge in [-0.05, 0) is 33.1 Å². The van der Waals surface area contributed by atoms with Gasteiger partial charge in [-0.1, -0.05) is 20.8 Å². The highest BCUT2D eigenvalue weighted by Crippen LogP contribution is 2.22. The molecule has 1 heterocycles. The van der Waals surface area contributed by atoms with Gasteiger partial charge in [0.05, 0.1) is 5.69 Å². The van der Waals surface area contributed by atoms with E-state index in [9.17, 15) is 0 Å². The minimum absolute atomic E-state index is 0.402. The molecule has 0 bridgehead atoms. The van der Waals surface area contributed by atoms with Gasteiger partial charge in [-0.2, -0.15) is 5.10 Å². The first-order valence-corrected chi connectivity index (χ1v) is 6.31. The highest BCUT2D eigenvalue weighted by molar-refractivity contribution is 5.39. The lowest BCUT2D eigenvalue weighted by Gasteiger charge is -2.16. The van der Waals surface area contributed by atoms with Crippen LogP contribution < -0.4 is 5.32 Å². The van der Waals surface area contributed by atoms with Gasteiger partial charge in [0.2, 0.25) is 0 Å². The molecule has 3 heteroatoms. The first-order valence-electron chi connectivity index (χ1n) is 6.31. The minimum atomic E-state index is 0.402. The fourth-order valence-electron chi connectivity index (χ4n) is 1.55. The molecule has 0 aliphatic rings. The van der Waals surface area contributed by atoms with Crippen molar-refractivity contribution >= 4 is 5.82 Å². The maximum Gasteiger partial charge on any atom is 0.125 e. The summed E-state index contributed by atoms with van der Waals surface area (Å²) in [4.78, 5) is 0. The SMILES string of the molecule is CCC(C)Nc1cc(C(C)C)nn1C(C)C. The van der Waals surface area contributed by atoms with Gasteiger partial charge >= 0.3 is 0 Å². The van der Waals surface area contributed by atoms with Gasteiger partial charge < -0.3 is 5.32 Å². The summed E-state index contributed by atoms with van der Waals surface area (Å²) in [7, 11) is 0. The Kier molecular flexibility index (Phi) is 4.39. The molecule has 1 atom stereocenters. The summed E-state index contributed by atoms with van der Waals surface area (Å²) < 4.78 is 2.08. The molecule has 0 saturated carbocycles. The normalized spacial score (nSPS) is 13.5. The van der Waals surface area contributed by atoms with E-state index in [2.05, 4.69) is 62.7 Å². The topological polar surface area (TPSA) is 29.9 Å². The second-order valence-electron chi connectivity index (χ2n) is 5.10. The van der Waals surface area contributed by atoms with Crippen molar-refractivity contribution < 1.29 is 0 Å². The molecular weight excluding hydrogens is 198 g/mol. The van der Waals surface area contributed by atoms with E-state index in [4.69, 9.17) is 0 Å². The number of anilines is 1. The molecule has 0 spiro atoms. The van der Waals surface area contributed by atoms with E-state index in [-0.39, 0.29) is 0 Å². The van der Waals surface area contributed by atoms with Gasteiger partial charge in [0, 0.05) is 18.2 Å². The second-order valence-corrected chi connectivity index (χ2v) is 5.10. The van der Waals surface area contributed by atoms with Crippen molar-refractivity contribution in [3.8, 4) is 0 Å². The molecule has 1 N–H and O–H groups in total. The van der Waals surface area contributed by atoms with Gasteiger partial charge in [0.1, 0.15) is 5.82 Å². The van der Waals surface area contributed by atoms with Crippen molar-refractivity contribution in [2.24, 2.45) is 0 Å². The molecule has 0 radical (unpaired) electrons. The average molecular weight is 223 g/mol. The zero-order valence-electron chi connectivity index (χ0n) is 11.4. The summed E-state index contributed by atoms with van der Waals surface area (Å²) in [6.07, 6.45) is 1.13. The average Bonchev–Trinajstić information content (AvgIpc) is 2.61. The Morgan fingerprint density at radius 2 is 1.88 bits per heavy atom. The van der Waals surface area contributed by atoms with E-state index in [0.29, 0.717) is 18.0 Å². The third kappa shape index (κ3) is 3.00. The smallest absolute Gasteiger partial charge is 0.125 e. The Hall–Kier alpha value is -0.990. The van der Waals surface area contributed by atoms with Gasteiger partial charge in [-0.15, -0.1) is 0 Å². The lowest BCUT2D eigenvalue weighted by molar-refractivity contribution is 0.524. The Morgan fingerprint density at radius 1 is 1.25 bits per heavy atom. The highest BCUT2D eigenvalue weighted by atomic mass is 15.3. The van der Waals surface area contributed by atoms with Gasteiger partial charge in [0.25, 0.3) is 0 Å². The standard InChI is InChI=1S/C13H25N3/c1-7-11(6)14-13-8-12(9(2)3)15-16(13)10(4)5/h8-11,14H,7H2,1-6H3. The number of hydrogen-bond acceptors (Lipinski definition) is 2. The van der Waals surface area contributed by atoms with Crippen LogP contribution in [-0.4, -0.2) is 15.8 Å². The molecule has 0 aromatic carbocycles. The molecule has 0 aliphatic heterocycles. The predicted octanol–water partition coefficient (Wildman–Crippen LogP) is 3.80. The molecule has 1 unspecified atom stereocenters. The van der Waals surface area contributed by atoms with E-state index in [1.165, 1.54) is 5.69 Å². The van der Waals surface area contributed by atoms with Crippen molar-refractivity contribution in [2.75, 3.05) is 5.32 Å². The maximum absolute atomic E-state index is 4.65. The molecule has 0 amide bonds. The second kappa shape index (κ2) is 5.37. The predicted molar refractivity (Wildman–Crippen MR) is 70.1 cm³/mol. The van der Waals surface area contributed by atoms with E-state index < -0.39 is 0 Å². The minimum Gasteiger partial charge on any atom is -0.368 e. The number of nitrogens with zero attached hydrogens (tertiary/aromatic N) is 2. The zero-order valence-corrected chi connectivity index (χ0v) is 11.4. The fraction of sp³-hybridized carbons (Fsp3) is 0.769. The number of rotatable bonds is 5. The summed E-state index contributed by atoms with van der Waals surface area (Å²) in [5.41, 5.74) is 1.17. The number of aromatic nitrogens is 2. The Labute approximate surface area is 99.2 Å². The zero-order chi connectivity index (χ0) is 12.3. The Morgan fingerprint density at radius 3 is 2.31 bits per heavy atom. The van der Waals surface area contributed by atoms with Crippen molar-refractivity contribution in [3.63, 3.8) is 0 Å². The molecule has 0 saturated heterocycles. The molecule has 1 rings (SSSR count). The summed E-state index contributed by atoms with van der Waals surface area (Å²) in [5, 5.41) is 8.17. The molecule has 1 aromatic heterocycles. The van der Waals surface area contributed by atoms with Gasteiger partial charge in [0.15, 0.2) is 0 Å². The monoisotopic (exact) mass is 223 g/mol. The summed E-state index contributed by atoms with van der Waals surface area (Å²) >= 11 is 0. The summed E-state index contributed by atoms with van der Waals surface area (Å²) in [5.74, 6) is 1.63. The Balaban J connectivity index is 2.96.